The van der Waals surface area contributed by atoms with Crippen molar-refractivity contribution >= 4 is 17.9 Å². The lowest BCUT2D eigenvalue weighted by molar-refractivity contribution is -0.257. The molecule has 0 radical (unpaired) electrons. The Bertz CT molecular complexity index is 1830. The molecule has 1 amide bonds. The van der Waals surface area contributed by atoms with Crippen molar-refractivity contribution in [3.05, 3.63) is 77.9 Å². The normalized spacial score (nSPS) is 27.7. The van der Waals surface area contributed by atoms with Gasteiger partial charge in [0.15, 0.2) is 0 Å². The van der Waals surface area contributed by atoms with E-state index >= 15 is 0 Å². The predicted molar refractivity (Wildman–Crippen MR) is 235 cm³/mol. The summed E-state index contributed by atoms with van der Waals surface area (Å²) in [6.07, 6.45) is 19.3. The van der Waals surface area contributed by atoms with Gasteiger partial charge in [-0.15, -0.1) is 6.58 Å². The van der Waals surface area contributed by atoms with Gasteiger partial charge in [-0.25, -0.2) is 0 Å². The fraction of sp³-hybridized carbons (Fsp3) is 0.620. The second-order valence-corrected chi connectivity index (χ2v) is 17.7. The number of aliphatic hydroxyl groups excluding tert-OH is 2. The number of hydrogen-bond acceptors (Lipinski definition) is 10. The average molecular weight is 841 g/mol. The fourth-order valence-electron chi connectivity index (χ4n) is 10.9. The summed E-state index contributed by atoms with van der Waals surface area (Å²) in [5, 5.41) is 24.9. The number of hydrogen-bond donors (Lipinski definition) is 2. The predicted octanol–water partition coefficient (Wildman–Crippen LogP) is 9.66. The Kier molecular flexibility index (Phi) is 16.1. The largest absolute Gasteiger partial charge is 0.459 e. The summed E-state index contributed by atoms with van der Waals surface area (Å²) in [4.78, 5) is 34.8. The molecule has 5 aliphatic rings. The molecule has 3 aliphatic carbocycles. The summed E-state index contributed by atoms with van der Waals surface area (Å²) in [6, 6.07) is 12.5. The van der Waals surface area contributed by atoms with Crippen LogP contribution in [0, 0.1) is 23.7 Å². The van der Waals surface area contributed by atoms with Crippen LogP contribution in [0.4, 0.5) is 0 Å². The lowest BCUT2D eigenvalue weighted by Gasteiger charge is -2.60. The molecule has 2 N–H and O–H groups in total. The van der Waals surface area contributed by atoms with Crippen LogP contribution < -0.4 is 9.47 Å². The Morgan fingerprint density at radius 3 is 2.51 bits per heavy atom. The van der Waals surface area contributed by atoms with E-state index < -0.39 is 24.0 Å². The summed E-state index contributed by atoms with van der Waals surface area (Å²) >= 11 is 0. The molecule has 7 rings (SSSR count). The molecule has 11 nitrogen and oxygen atoms in total. The summed E-state index contributed by atoms with van der Waals surface area (Å²) in [7, 11) is 0. The van der Waals surface area contributed by atoms with E-state index in [0.29, 0.717) is 67.6 Å². The molecule has 2 heterocycles. The Labute approximate surface area is 362 Å². The highest BCUT2D eigenvalue weighted by Gasteiger charge is 2.65. The molecular weight excluding hydrogens is 773 g/mol. The smallest absolute Gasteiger partial charge is 0.239 e. The first-order valence-corrected chi connectivity index (χ1v) is 23.3. The maximum atomic E-state index is 14.8. The number of allylic oxidation sites excluding steroid dienone is 1. The van der Waals surface area contributed by atoms with E-state index in [1.54, 1.807) is 24.3 Å². The maximum absolute atomic E-state index is 14.8. The molecular formula is C50H68N2O9. The van der Waals surface area contributed by atoms with E-state index in [1.807, 2.05) is 23.1 Å². The van der Waals surface area contributed by atoms with Crippen LogP contribution in [0.25, 0.3) is 0 Å². The molecule has 0 spiro atoms. The number of benzene rings is 2. The van der Waals surface area contributed by atoms with Crippen molar-refractivity contribution in [1.82, 2.24) is 4.90 Å². The number of aldehydes is 1. The number of nitrogens with zero attached hydrogens (tertiary/aromatic N) is 2. The van der Waals surface area contributed by atoms with E-state index in [1.165, 1.54) is 25.7 Å². The van der Waals surface area contributed by atoms with Gasteiger partial charge in [0.05, 0.1) is 24.8 Å². The summed E-state index contributed by atoms with van der Waals surface area (Å²) in [5.74, 6) is 0.819. The molecule has 2 saturated carbocycles. The van der Waals surface area contributed by atoms with Gasteiger partial charge in [-0.1, -0.05) is 74.9 Å². The second-order valence-electron chi connectivity index (χ2n) is 17.7. The number of carbonyl (C=O) groups is 2. The zero-order valence-electron chi connectivity index (χ0n) is 36.2. The molecule has 11 heteroatoms. The lowest BCUT2D eigenvalue weighted by atomic mass is 9.55. The van der Waals surface area contributed by atoms with Crippen molar-refractivity contribution in [3.8, 4) is 17.2 Å². The van der Waals surface area contributed by atoms with Crippen LogP contribution in [0.2, 0.25) is 0 Å². The Hall–Kier alpha value is -4.03. The summed E-state index contributed by atoms with van der Waals surface area (Å²) in [5.41, 5.74) is 3.28. The van der Waals surface area contributed by atoms with Crippen LogP contribution in [0.15, 0.2) is 71.9 Å². The van der Waals surface area contributed by atoms with Crippen LogP contribution in [0.3, 0.4) is 0 Å². The third-order valence-electron chi connectivity index (χ3n) is 13.7. The molecule has 3 fully saturated rings. The van der Waals surface area contributed by atoms with Crippen LogP contribution in [-0.2, 0) is 19.1 Å². The van der Waals surface area contributed by atoms with Crippen LogP contribution in [0.5, 0.6) is 17.2 Å². The SMILES string of the molecule is C=CCO[C@@]12Oc3ccc(Oc4cccc(C=O)c4)cc3[C@H]3[C@H](CCCCO)[C@@H](CCCCO)C=C(C(=NOC4CCCCO4)C[C@@H]1N(CCC)C(=O)CCC1CCCC1)[C@H]32. The maximum Gasteiger partial charge on any atom is 0.239 e. The number of amides is 1. The number of oxime groups is 1. The van der Waals surface area contributed by atoms with Gasteiger partial charge in [-0.05, 0) is 105 Å². The van der Waals surface area contributed by atoms with Gasteiger partial charge in [-0.3, -0.25) is 9.59 Å². The number of aliphatic hydroxyl groups is 2. The van der Waals surface area contributed by atoms with Gasteiger partial charge in [0.1, 0.15) is 29.6 Å². The minimum absolute atomic E-state index is 0.0854. The molecule has 1 saturated heterocycles. The molecule has 61 heavy (non-hydrogen) atoms. The number of rotatable bonds is 22. The first-order chi connectivity index (χ1) is 29.9. The topological polar surface area (TPSA) is 136 Å². The molecule has 0 aromatic heterocycles. The highest BCUT2D eigenvalue weighted by Crippen LogP contribution is 2.62. The van der Waals surface area contributed by atoms with Gasteiger partial charge < -0.3 is 38.9 Å². The average Bonchev–Trinajstić information content (AvgIpc) is 3.82. The Balaban J connectivity index is 1.40. The van der Waals surface area contributed by atoms with Crippen LogP contribution >= 0.6 is 0 Å². The third-order valence-corrected chi connectivity index (χ3v) is 13.7. The van der Waals surface area contributed by atoms with Crippen LogP contribution in [0.1, 0.15) is 138 Å². The van der Waals surface area contributed by atoms with Gasteiger partial charge in [0, 0.05) is 56.1 Å². The zero-order valence-corrected chi connectivity index (χ0v) is 36.2. The third kappa shape index (κ3) is 10.4. The van der Waals surface area contributed by atoms with Crippen molar-refractivity contribution in [3.63, 3.8) is 0 Å². The van der Waals surface area contributed by atoms with E-state index in [-0.39, 0.29) is 43.5 Å². The van der Waals surface area contributed by atoms with Gasteiger partial charge in [0.25, 0.3) is 0 Å². The number of fused-ring (bicyclic) bond motifs is 2. The molecule has 0 bridgehead atoms. The van der Waals surface area contributed by atoms with E-state index in [2.05, 4.69) is 25.6 Å². The number of carbonyl (C=O) groups excluding carboxylic acids is 2. The molecule has 7 atom stereocenters. The van der Waals surface area contributed by atoms with Gasteiger partial charge >= 0.3 is 0 Å². The Morgan fingerprint density at radius 2 is 1.77 bits per heavy atom. The van der Waals surface area contributed by atoms with Gasteiger partial charge in [-0.2, -0.15) is 0 Å². The minimum Gasteiger partial charge on any atom is -0.459 e. The second kappa shape index (κ2) is 21.9. The fourth-order valence-corrected chi connectivity index (χ4v) is 10.9. The molecule has 332 valence electrons. The van der Waals surface area contributed by atoms with Gasteiger partial charge in [0.2, 0.25) is 18.0 Å². The van der Waals surface area contributed by atoms with Crippen molar-refractivity contribution in [2.24, 2.45) is 28.8 Å². The highest BCUT2D eigenvalue weighted by molar-refractivity contribution is 6.03. The zero-order chi connectivity index (χ0) is 42.6. The van der Waals surface area contributed by atoms with Crippen molar-refractivity contribution in [2.45, 2.75) is 140 Å². The van der Waals surface area contributed by atoms with Crippen molar-refractivity contribution in [2.75, 3.05) is 33.0 Å². The molecule has 2 aliphatic heterocycles. The van der Waals surface area contributed by atoms with E-state index in [9.17, 15) is 19.8 Å². The van der Waals surface area contributed by atoms with Crippen LogP contribution in [-0.4, -0.2) is 84.1 Å². The first kappa shape index (κ1) is 45.0. The van der Waals surface area contributed by atoms with Crippen molar-refractivity contribution in [1.29, 1.82) is 0 Å². The molecule has 1 unspecified atom stereocenters. The highest BCUT2D eigenvalue weighted by atomic mass is 16.8. The number of unbranched alkanes of at least 4 members (excludes halogenated alkanes) is 2. The lowest BCUT2D eigenvalue weighted by Crippen LogP contribution is -2.70. The minimum atomic E-state index is -1.30. The molecule has 2 aromatic carbocycles. The Morgan fingerprint density at radius 1 is 0.984 bits per heavy atom. The first-order valence-electron chi connectivity index (χ1n) is 23.3. The van der Waals surface area contributed by atoms with E-state index in [4.69, 9.17) is 28.9 Å². The van der Waals surface area contributed by atoms with Crippen molar-refractivity contribution < 1.29 is 43.6 Å². The number of ether oxygens (including phenoxy) is 4. The summed E-state index contributed by atoms with van der Waals surface area (Å²) in [6.45, 7) is 7.79. The quantitative estimate of drug-likeness (QED) is 0.0514. The molecule has 2 aromatic rings. The standard InChI is InChI=1S/C50H68N2O9/c1-3-25-52(46(56)24-21-35-14-5-6-15-35)45-33-43(51-61-47-20-9-12-29-57-47)41-31-37(17-7-10-26-53)40(19-8-11-27-54)48-42-32-39(59-38-18-13-16-36(30-38)34-55)22-23-44(42)60-50(45,49(41)48)58-28-4-2/h4,13,16,18,22-23,30-32,34-35,37,40,45,47-49,53-54H,2-3,5-12,14-15,17,19-21,24-29,33H2,1H3/t37-,40+,45-,47?,48+,49+,50+/m0/s1. The monoisotopic (exact) mass is 840 g/mol. The van der Waals surface area contributed by atoms with E-state index in [0.717, 1.165) is 80.9 Å². The summed E-state index contributed by atoms with van der Waals surface area (Å²) < 4.78 is 27.1.